The van der Waals surface area contributed by atoms with Crippen LogP contribution in [0.15, 0.2) is 54.6 Å². The summed E-state index contributed by atoms with van der Waals surface area (Å²) >= 11 is 0. The highest BCUT2D eigenvalue weighted by Crippen LogP contribution is 2.26. The molecule has 0 aliphatic carbocycles. The van der Waals surface area contributed by atoms with Crippen molar-refractivity contribution in [2.45, 2.75) is 0 Å². The summed E-state index contributed by atoms with van der Waals surface area (Å²) in [5.74, 6) is 0.607. The van der Waals surface area contributed by atoms with Gasteiger partial charge in [0.25, 0.3) is 0 Å². The lowest BCUT2D eigenvalue weighted by molar-refractivity contribution is 1.03. The summed E-state index contributed by atoms with van der Waals surface area (Å²) in [6.45, 7) is 0.224. The Labute approximate surface area is 116 Å². The van der Waals surface area contributed by atoms with Gasteiger partial charge in [-0.05, 0) is 22.9 Å². The highest BCUT2D eigenvalue weighted by atomic mass is 15.2. The quantitative estimate of drug-likeness (QED) is 0.734. The van der Waals surface area contributed by atoms with Gasteiger partial charge in [-0.2, -0.15) is 5.26 Å². The molecule has 0 bridgehead atoms. The lowest BCUT2D eigenvalue weighted by Crippen LogP contribution is -2.01. The Morgan fingerprint density at radius 1 is 0.950 bits per heavy atom. The van der Waals surface area contributed by atoms with E-state index in [1.165, 1.54) is 5.39 Å². The van der Waals surface area contributed by atoms with Crippen LogP contribution < -0.4 is 5.32 Å². The van der Waals surface area contributed by atoms with Gasteiger partial charge in [-0.25, -0.2) is 0 Å². The van der Waals surface area contributed by atoms with Crippen molar-refractivity contribution in [1.82, 2.24) is 10.2 Å². The third kappa shape index (κ3) is 2.29. The summed E-state index contributed by atoms with van der Waals surface area (Å²) in [5, 5.41) is 22.0. The molecular formula is C16H12N4. The number of benzene rings is 2. The van der Waals surface area contributed by atoms with E-state index in [-0.39, 0.29) is 6.54 Å². The van der Waals surface area contributed by atoms with Gasteiger partial charge in [0.2, 0.25) is 0 Å². The minimum absolute atomic E-state index is 0.224. The molecule has 0 fully saturated rings. The monoisotopic (exact) mass is 260 g/mol. The lowest BCUT2D eigenvalue weighted by atomic mass is 10.0. The smallest absolute Gasteiger partial charge is 0.149 e. The predicted octanol–water partition coefficient (Wildman–Crippen LogP) is 3.23. The standard InChI is InChI=1S/C16H12N4/c17-10-11-18-16-9-8-15(19-20-16)14-7-3-5-12-4-1-2-6-13(12)14/h1-9H,11H2,(H,18,20). The fraction of sp³-hybridized carbons (Fsp3) is 0.0625. The summed E-state index contributed by atoms with van der Waals surface area (Å²) < 4.78 is 0. The molecule has 2 aromatic carbocycles. The highest BCUT2D eigenvalue weighted by molar-refractivity contribution is 5.95. The molecule has 0 amide bonds. The van der Waals surface area contributed by atoms with E-state index in [0.717, 1.165) is 16.6 Å². The molecule has 0 spiro atoms. The zero-order chi connectivity index (χ0) is 13.8. The van der Waals surface area contributed by atoms with Crippen molar-refractivity contribution in [3.05, 3.63) is 54.6 Å². The third-order valence-electron chi connectivity index (χ3n) is 3.08. The second-order valence-electron chi connectivity index (χ2n) is 4.34. The van der Waals surface area contributed by atoms with Crippen LogP contribution in [-0.2, 0) is 0 Å². The van der Waals surface area contributed by atoms with Crippen molar-refractivity contribution in [2.24, 2.45) is 0 Å². The van der Waals surface area contributed by atoms with Crippen molar-refractivity contribution in [3.8, 4) is 17.3 Å². The maximum Gasteiger partial charge on any atom is 0.149 e. The molecule has 0 saturated carbocycles. The van der Waals surface area contributed by atoms with E-state index in [1.807, 2.05) is 42.5 Å². The van der Waals surface area contributed by atoms with Crippen LogP contribution in [0.1, 0.15) is 0 Å². The van der Waals surface area contributed by atoms with Crippen LogP contribution in [0.2, 0.25) is 0 Å². The Morgan fingerprint density at radius 3 is 2.60 bits per heavy atom. The summed E-state index contributed by atoms with van der Waals surface area (Å²) in [4.78, 5) is 0. The SMILES string of the molecule is N#CCNc1ccc(-c2cccc3ccccc23)nn1. The molecular weight excluding hydrogens is 248 g/mol. The van der Waals surface area contributed by atoms with Crippen molar-refractivity contribution < 1.29 is 0 Å². The minimum Gasteiger partial charge on any atom is -0.356 e. The summed E-state index contributed by atoms with van der Waals surface area (Å²) in [6, 6.07) is 20.1. The first-order chi connectivity index (χ1) is 9.88. The largest absolute Gasteiger partial charge is 0.356 e. The molecule has 96 valence electrons. The summed E-state index contributed by atoms with van der Waals surface area (Å²) in [5.41, 5.74) is 1.88. The van der Waals surface area contributed by atoms with Crippen LogP contribution in [0.4, 0.5) is 5.82 Å². The molecule has 0 aliphatic heterocycles. The normalized spacial score (nSPS) is 10.2. The maximum atomic E-state index is 8.52. The first kappa shape index (κ1) is 12.1. The average Bonchev–Trinajstić information content (AvgIpc) is 2.53. The molecule has 4 nitrogen and oxygen atoms in total. The number of hydrogen-bond donors (Lipinski definition) is 1. The number of anilines is 1. The number of nitriles is 1. The Morgan fingerprint density at radius 2 is 1.80 bits per heavy atom. The fourth-order valence-electron chi connectivity index (χ4n) is 2.15. The Kier molecular flexibility index (Phi) is 3.25. The average molecular weight is 260 g/mol. The number of aromatic nitrogens is 2. The van der Waals surface area contributed by atoms with Crippen LogP contribution >= 0.6 is 0 Å². The van der Waals surface area contributed by atoms with Crippen molar-refractivity contribution in [3.63, 3.8) is 0 Å². The van der Waals surface area contributed by atoms with Gasteiger partial charge in [0, 0.05) is 5.56 Å². The molecule has 0 unspecified atom stereocenters. The Bertz CT molecular complexity index is 767. The van der Waals surface area contributed by atoms with Gasteiger partial charge in [-0.3, -0.25) is 0 Å². The Hall–Kier alpha value is -2.93. The van der Waals surface area contributed by atoms with E-state index >= 15 is 0 Å². The zero-order valence-corrected chi connectivity index (χ0v) is 10.7. The summed E-state index contributed by atoms with van der Waals surface area (Å²) in [7, 11) is 0. The molecule has 1 aromatic heterocycles. The molecule has 1 heterocycles. The van der Waals surface area contributed by atoms with Crippen LogP contribution in [0, 0.1) is 11.3 Å². The number of fused-ring (bicyclic) bond motifs is 1. The first-order valence-electron chi connectivity index (χ1n) is 6.31. The van der Waals surface area contributed by atoms with E-state index in [1.54, 1.807) is 0 Å². The first-order valence-corrected chi connectivity index (χ1v) is 6.31. The van der Waals surface area contributed by atoms with E-state index in [2.05, 4.69) is 33.7 Å². The molecule has 3 rings (SSSR count). The number of nitrogens with zero attached hydrogens (tertiary/aromatic N) is 3. The molecule has 3 aromatic rings. The second kappa shape index (κ2) is 5.37. The molecule has 0 aliphatic rings. The summed E-state index contributed by atoms with van der Waals surface area (Å²) in [6.07, 6.45) is 0. The zero-order valence-electron chi connectivity index (χ0n) is 10.7. The maximum absolute atomic E-state index is 8.52. The molecule has 1 N–H and O–H groups in total. The third-order valence-corrected chi connectivity index (χ3v) is 3.08. The van der Waals surface area contributed by atoms with Gasteiger partial charge in [0.1, 0.15) is 12.4 Å². The van der Waals surface area contributed by atoms with Crippen molar-refractivity contribution >= 4 is 16.6 Å². The van der Waals surface area contributed by atoms with Crippen molar-refractivity contribution in [2.75, 3.05) is 11.9 Å². The minimum atomic E-state index is 0.224. The van der Waals surface area contributed by atoms with Crippen LogP contribution in [0.25, 0.3) is 22.0 Å². The van der Waals surface area contributed by atoms with E-state index in [4.69, 9.17) is 5.26 Å². The van der Waals surface area contributed by atoms with Crippen molar-refractivity contribution in [1.29, 1.82) is 5.26 Å². The van der Waals surface area contributed by atoms with E-state index in [9.17, 15) is 0 Å². The molecule has 20 heavy (non-hydrogen) atoms. The van der Waals surface area contributed by atoms with Crippen LogP contribution in [0.5, 0.6) is 0 Å². The fourth-order valence-corrected chi connectivity index (χ4v) is 2.15. The van der Waals surface area contributed by atoms with E-state index < -0.39 is 0 Å². The van der Waals surface area contributed by atoms with Gasteiger partial charge in [-0.1, -0.05) is 42.5 Å². The van der Waals surface area contributed by atoms with Gasteiger partial charge >= 0.3 is 0 Å². The van der Waals surface area contributed by atoms with Gasteiger partial charge in [-0.15, -0.1) is 10.2 Å². The van der Waals surface area contributed by atoms with Crippen LogP contribution in [0.3, 0.4) is 0 Å². The lowest BCUT2D eigenvalue weighted by Gasteiger charge is -2.06. The molecule has 4 heteroatoms. The molecule has 0 atom stereocenters. The topological polar surface area (TPSA) is 61.6 Å². The van der Waals surface area contributed by atoms with Gasteiger partial charge < -0.3 is 5.32 Å². The van der Waals surface area contributed by atoms with E-state index in [0.29, 0.717) is 5.82 Å². The highest BCUT2D eigenvalue weighted by Gasteiger charge is 2.05. The molecule has 0 radical (unpaired) electrons. The van der Waals surface area contributed by atoms with Gasteiger partial charge in [0.05, 0.1) is 11.8 Å². The second-order valence-corrected chi connectivity index (χ2v) is 4.34. The van der Waals surface area contributed by atoms with Crippen LogP contribution in [-0.4, -0.2) is 16.7 Å². The number of rotatable bonds is 3. The number of hydrogen-bond acceptors (Lipinski definition) is 4. The Balaban J connectivity index is 2.01. The molecule has 0 saturated heterocycles. The van der Waals surface area contributed by atoms with Gasteiger partial charge in [0.15, 0.2) is 0 Å². The number of nitrogens with one attached hydrogen (secondary N) is 1. The predicted molar refractivity (Wildman–Crippen MR) is 79.1 cm³/mol.